The van der Waals surface area contributed by atoms with Gasteiger partial charge < -0.3 is 19.7 Å². The van der Waals surface area contributed by atoms with Crippen LogP contribution in [-0.4, -0.2) is 61.9 Å². The number of methoxy groups -OCH3 is 2. The Balaban J connectivity index is 2.00. The van der Waals surface area contributed by atoms with Crippen molar-refractivity contribution in [1.29, 1.82) is 0 Å². The zero-order valence-corrected chi connectivity index (χ0v) is 12.8. The lowest BCUT2D eigenvalue weighted by Gasteiger charge is -2.15. The molecule has 2 unspecified atom stereocenters. The second kappa shape index (κ2) is 7.38. The summed E-state index contributed by atoms with van der Waals surface area (Å²) in [6.07, 6.45) is 2.58. The van der Waals surface area contributed by atoms with Crippen LogP contribution in [0.15, 0.2) is 18.3 Å². The molecule has 1 fully saturated rings. The average Bonchev–Trinajstić information content (AvgIpc) is 2.96. The molecule has 0 aliphatic carbocycles. The lowest BCUT2D eigenvalue weighted by molar-refractivity contribution is -0.00461. The zero-order valence-electron chi connectivity index (χ0n) is 12.8. The number of carbonyl (C=O) groups is 1. The molecule has 1 aromatic heterocycles. The van der Waals surface area contributed by atoms with Crippen molar-refractivity contribution in [1.82, 2.24) is 9.88 Å². The van der Waals surface area contributed by atoms with Gasteiger partial charge in [0, 0.05) is 33.9 Å². The lowest BCUT2D eigenvalue weighted by Crippen LogP contribution is -2.30. The molecule has 0 saturated carbocycles. The SMILES string of the molecule is CCCNc1ccc(C(=O)N2CC(OC)C(OC)C2)nc1. The van der Waals surface area contributed by atoms with Gasteiger partial charge in [-0.15, -0.1) is 0 Å². The maximum absolute atomic E-state index is 12.4. The van der Waals surface area contributed by atoms with Crippen LogP contribution in [0.25, 0.3) is 0 Å². The van der Waals surface area contributed by atoms with Gasteiger partial charge in [-0.3, -0.25) is 4.79 Å². The van der Waals surface area contributed by atoms with Crippen LogP contribution in [0.5, 0.6) is 0 Å². The van der Waals surface area contributed by atoms with Gasteiger partial charge in [0.05, 0.1) is 11.9 Å². The van der Waals surface area contributed by atoms with E-state index >= 15 is 0 Å². The molecule has 2 rings (SSSR count). The molecular weight excluding hydrogens is 270 g/mol. The quantitative estimate of drug-likeness (QED) is 0.858. The molecule has 6 heteroatoms. The summed E-state index contributed by atoms with van der Waals surface area (Å²) in [5.74, 6) is -0.0846. The Kier molecular flexibility index (Phi) is 5.52. The van der Waals surface area contributed by atoms with E-state index in [1.54, 1.807) is 31.4 Å². The van der Waals surface area contributed by atoms with Gasteiger partial charge in [-0.25, -0.2) is 4.98 Å². The minimum atomic E-state index is -0.0846. The van der Waals surface area contributed by atoms with E-state index in [0.29, 0.717) is 18.8 Å². The molecule has 21 heavy (non-hydrogen) atoms. The molecule has 2 atom stereocenters. The number of rotatable bonds is 6. The van der Waals surface area contributed by atoms with Crippen LogP contribution < -0.4 is 5.32 Å². The lowest BCUT2D eigenvalue weighted by atomic mass is 10.3. The molecule has 0 radical (unpaired) electrons. The third kappa shape index (κ3) is 3.71. The number of ether oxygens (including phenoxy) is 2. The van der Waals surface area contributed by atoms with E-state index in [0.717, 1.165) is 18.7 Å². The highest BCUT2D eigenvalue weighted by Gasteiger charge is 2.36. The van der Waals surface area contributed by atoms with Crippen molar-refractivity contribution in [2.24, 2.45) is 0 Å². The molecule has 1 amide bonds. The molecule has 6 nitrogen and oxygen atoms in total. The Labute approximate surface area is 125 Å². The number of hydrogen-bond donors (Lipinski definition) is 1. The predicted octanol–water partition coefficient (Wildman–Crippen LogP) is 1.39. The monoisotopic (exact) mass is 293 g/mol. The smallest absolute Gasteiger partial charge is 0.272 e. The van der Waals surface area contributed by atoms with E-state index in [1.165, 1.54) is 0 Å². The number of nitrogens with zero attached hydrogens (tertiary/aromatic N) is 2. The minimum absolute atomic E-state index is 0.0792. The van der Waals surface area contributed by atoms with Crippen molar-refractivity contribution in [2.45, 2.75) is 25.6 Å². The van der Waals surface area contributed by atoms with Gasteiger partial charge in [0.15, 0.2) is 0 Å². The predicted molar refractivity (Wildman–Crippen MR) is 80.5 cm³/mol. The van der Waals surface area contributed by atoms with Gasteiger partial charge in [-0.2, -0.15) is 0 Å². The van der Waals surface area contributed by atoms with E-state index in [1.807, 2.05) is 6.07 Å². The number of likely N-dealkylation sites (tertiary alicyclic amines) is 1. The third-order valence-corrected chi connectivity index (χ3v) is 3.67. The number of amides is 1. The number of nitrogens with one attached hydrogen (secondary N) is 1. The maximum atomic E-state index is 12.4. The highest BCUT2D eigenvalue weighted by Crippen LogP contribution is 2.18. The van der Waals surface area contributed by atoms with Gasteiger partial charge in [-0.05, 0) is 18.6 Å². The number of aromatic nitrogens is 1. The standard InChI is InChI=1S/C15H23N3O3/c1-4-7-16-11-5-6-12(17-8-11)15(19)18-9-13(20-2)14(10-18)21-3/h5-6,8,13-14,16H,4,7,9-10H2,1-3H3. The molecule has 1 saturated heterocycles. The normalized spacial score (nSPS) is 21.6. The maximum Gasteiger partial charge on any atom is 0.272 e. The number of hydrogen-bond acceptors (Lipinski definition) is 5. The molecule has 0 bridgehead atoms. The summed E-state index contributed by atoms with van der Waals surface area (Å²) in [5.41, 5.74) is 1.38. The van der Waals surface area contributed by atoms with Crippen molar-refractivity contribution in [3.05, 3.63) is 24.0 Å². The summed E-state index contributed by atoms with van der Waals surface area (Å²) < 4.78 is 10.7. The summed E-state index contributed by atoms with van der Waals surface area (Å²) in [7, 11) is 3.27. The molecule has 116 valence electrons. The van der Waals surface area contributed by atoms with E-state index < -0.39 is 0 Å². The van der Waals surface area contributed by atoms with E-state index in [2.05, 4.69) is 17.2 Å². The number of anilines is 1. The van der Waals surface area contributed by atoms with Crippen molar-refractivity contribution < 1.29 is 14.3 Å². The van der Waals surface area contributed by atoms with Crippen LogP contribution in [0, 0.1) is 0 Å². The first-order chi connectivity index (χ1) is 10.2. The van der Waals surface area contributed by atoms with Crippen molar-refractivity contribution in [3.8, 4) is 0 Å². The molecule has 0 aromatic carbocycles. The van der Waals surface area contributed by atoms with Gasteiger partial charge in [0.25, 0.3) is 5.91 Å². The van der Waals surface area contributed by atoms with Crippen molar-refractivity contribution in [2.75, 3.05) is 39.2 Å². The van der Waals surface area contributed by atoms with Gasteiger partial charge >= 0.3 is 0 Å². The summed E-state index contributed by atoms with van der Waals surface area (Å²) in [6.45, 7) is 4.06. The molecule has 1 aliphatic rings. The highest BCUT2D eigenvalue weighted by atomic mass is 16.5. The first-order valence-corrected chi connectivity index (χ1v) is 7.24. The highest BCUT2D eigenvalue weighted by molar-refractivity contribution is 5.92. The second-order valence-corrected chi connectivity index (χ2v) is 5.12. The molecule has 1 aromatic rings. The van der Waals surface area contributed by atoms with Crippen molar-refractivity contribution >= 4 is 11.6 Å². The summed E-state index contributed by atoms with van der Waals surface area (Å²) >= 11 is 0. The molecule has 2 heterocycles. The fraction of sp³-hybridized carbons (Fsp3) is 0.600. The van der Waals surface area contributed by atoms with Crippen LogP contribution in [-0.2, 0) is 9.47 Å². The van der Waals surface area contributed by atoms with Gasteiger partial charge in [0.1, 0.15) is 17.9 Å². The average molecular weight is 293 g/mol. The summed E-state index contributed by atoms with van der Waals surface area (Å²) in [6, 6.07) is 3.63. The Morgan fingerprint density at radius 2 is 2.00 bits per heavy atom. The second-order valence-electron chi connectivity index (χ2n) is 5.12. The molecule has 1 aliphatic heterocycles. The van der Waals surface area contributed by atoms with E-state index in [-0.39, 0.29) is 18.1 Å². The molecule has 0 spiro atoms. The topological polar surface area (TPSA) is 63.7 Å². The Bertz CT molecular complexity index is 452. The third-order valence-electron chi connectivity index (χ3n) is 3.67. The number of carbonyl (C=O) groups excluding carboxylic acids is 1. The van der Waals surface area contributed by atoms with E-state index in [4.69, 9.17) is 9.47 Å². The van der Waals surface area contributed by atoms with Crippen LogP contribution in [0.1, 0.15) is 23.8 Å². The fourth-order valence-corrected chi connectivity index (χ4v) is 2.42. The largest absolute Gasteiger partial charge is 0.384 e. The zero-order chi connectivity index (χ0) is 15.2. The first-order valence-electron chi connectivity index (χ1n) is 7.24. The number of pyridine rings is 1. The Morgan fingerprint density at radius 3 is 2.48 bits per heavy atom. The van der Waals surface area contributed by atoms with Crippen molar-refractivity contribution in [3.63, 3.8) is 0 Å². The molecule has 1 N–H and O–H groups in total. The summed E-state index contributed by atoms with van der Waals surface area (Å²) in [5, 5.41) is 3.23. The Morgan fingerprint density at radius 1 is 1.33 bits per heavy atom. The van der Waals surface area contributed by atoms with E-state index in [9.17, 15) is 4.79 Å². The van der Waals surface area contributed by atoms with Crippen LogP contribution in [0.3, 0.4) is 0 Å². The van der Waals surface area contributed by atoms with Gasteiger partial charge in [0.2, 0.25) is 0 Å². The first kappa shape index (κ1) is 15.7. The van der Waals surface area contributed by atoms with Gasteiger partial charge in [-0.1, -0.05) is 6.92 Å². The van der Waals surface area contributed by atoms with Crippen LogP contribution >= 0.6 is 0 Å². The molecular formula is C15H23N3O3. The summed E-state index contributed by atoms with van der Waals surface area (Å²) in [4.78, 5) is 18.4. The van der Waals surface area contributed by atoms with Crippen LogP contribution in [0.2, 0.25) is 0 Å². The Hall–Kier alpha value is -1.66. The fourth-order valence-electron chi connectivity index (χ4n) is 2.42. The minimum Gasteiger partial charge on any atom is -0.384 e. The van der Waals surface area contributed by atoms with Crippen LogP contribution in [0.4, 0.5) is 5.69 Å².